The number of rotatable bonds is 13. The van der Waals surface area contributed by atoms with E-state index in [-0.39, 0.29) is 35.2 Å². The van der Waals surface area contributed by atoms with E-state index >= 15 is 0 Å². The first-order valence-electron chi connectivity index (χ1n) is 15.8. The summed E-state index contributed by atoms with van der Waals surface area (Å²) in [6, 6.07) is 15.1. The summed E-state index contributed by atoms with van der Waals surface area (Å²) in [6.07, 6.45) is 6.12. The van der Waals surface area contributed by atoms with E-state index in [1.165, 1.54) is 18.2 Å². The Labute approximate surface area is 269 Å². The normalized spacial score (nSPS) is 16.0. The third-order valence-corrected chi connectivity index (χ3v) is 8.34. The summed E-state index contributed by atoms with van der Waals surface area (Å²) in [7, 11) is 0. The Balaban J connectivity index is 1.32. The SMILES string of the molecule is Cc1coc([C@H]2CCCN2C(=O)c2cc(CF)cc(C(=O)N[C@@H](Cc3ccccc3)[C@@H](O)CNCc3cncc(C(C)C)c3)c2)n1. The highest BCUT2D eigenvalue weighted by atomic mass is 19.1. The molecule has 1 saturated heterocycles. The number of carbonyl (C=O) groups is 2. The number of aromatic nitrogens is 2. The molecule has 2 amide bonds. The van der Waals surface area contributed by atoms with Gasteiger partial charge in [0.2, 0.25) is 5.89 Å². The monoisotopic (exact) mass is 627 g/mol. The van der Waals surface area contributed by atoms with E-state index in [2.05, 4.69) is 40.5 Å². The molecule has 0 unspecified atom stereocenters. The van der Waals surface area contributed by atoms with Gasteiger partial charge in [-0.1, -0.05) is 50.2 Å². The Morgan fingerprint density at radius 3 is 2.57 bits per heavy atom. The number of aryl methyl sites for hydroxylation is 1. The van der Waals surface area contributed by atoms with Crippen molar-refractivity contribution in [2.24, 2.45) is 0 Å². The topological polar surface area (TPSA) is 121 Å². The summed E-state index contributed by atoms with van der Waals surface area (Å²) in [5.41, 5.74) is 4.39. The van der Waals surface area contributed by atoms with Crippen LogP contribution < -0.4 is 10.6 Å². The van der Waals surface area contributed by atoms with Crippen molar-refractivity contribution in [1.82, 2.24) is 25.5 Å². The molecule has 4 aromatic rings. The largest absolute Gasteiger partial charge is 0.446 e. The lowest BCUT2D eigenvalue weighted by molar-refractivity contribution is 0.0715. The second-order valence-electron chi connectivity index (χ2n) is 12.3. The van der Waals surface area contributed by atoms with Gasteiger partial charge in [0.25, 0.3) is 11.8 Å². The van der Waals surface area contributed by atoms with Crippen LogP contribution in [0, 0.1) is 6.92 Å². The number of amides is 2. The van der Waals surface area contributed by atoms with Crippen molar-refractivity contribution in [3.8, 4) is 0 Å². The number of carbonyl (C=O) groups excluding carboxylic acids is 2. The van der Waals surface area contributed by atoms with Crippen LogP contribution in [-0.4, -0.2) is 57.0 Å². The molecule has 3 N–H and O–H groups in total. The van der Waals surface area contributed by atoms with Crippen LogP contribution in [0.1, 0.15) is 93.2 Å². The number of hydrogen-bond donors (Lipinski definition) is 3. The molecule has 3 heterocycles. The van der Waals surface area contributed by atoms with Crippen LogP contribution in [0.4, 0.5) is 4.39 Å². The lowest BCUT2D eigenvalue weighted by Gasteiger charge is -2.25. The number of hydrogen-bond acceptors (Lipinski definition) is 7. The Morgan fingerprint density at radius 2 is 1.85 bits per heavy atom. The number of pyridine rings is 1. The van der Waals surface area contributed by atoms with Gasteiger partial charge in [-0.2, -0.15) is 0 Å². The molecule has 46 heavy (non-hydrogen) atoms. The molecule has 9 nitrogen and oxygen atoms in total. The number of nitrogens with one attached hydrogen (secondary N) is 2. The third-order valence-electron chi connectivity index (χ3n) is 8.34. The van der Waals surface area contributed by atoms with Gasteiger partial charge in [-0.15, -0.1) is 0 Å². The molecule has 2 aromatic heterocycles. The van der Waals surface area contributed by atoms with E-state index in [1.807, 2.05) is 43.5 Å². The van der Waals surface area contributed by atoms with E-state index in [0.29, 0.717) is 37.7 Å². The van der Waals surface area contributed by atoms with Crippen molar-refractivity contribution in [3.63, 3.8) is 0 Å². The van der Waals surface area contributed by atoms with Gasteiger partial charge in [-0.25, -0.2) is 9.37 Å². The number of likely N-dealkylation sites (tertiary alicyclic amines) is 1. The summed E-state index contributed by atoms with van der Waals surface area (Å²) in [5, 5.41) is 17.5. The van der Waals surface area contributed by atoms with Crippen molar-refractivity contribution in [2.45, 2.75) is 77.4 Å². The Bertz CT molecular complexity index is 1630. The second kappa shape index (κ2) is 15.2. The fraction of sp³-hybridized carbons (Fsp3) is 0.389. The van der Waals surface area contributed by atoms with Crippen LogP contribution in [-0.2, 0) is 19.6 Å². The highest BCUT2D eigenvalue weighted by molar-refractivity contribution is 6.00. The predicted octanol–water partition coefficient (Wildman–Crippen LogP) is 5.44. The fourth-order valence-corrected chi connectivity index (χ4v) is 5.81. The van der Waals surface area contributed by atoms with Gasteiger partial charge in [0.05, 0.1) is 17.8 Å². The summed E-state index contributed by atoms with van der Waals surface area (Å²) < 4.78 is 19.6. The molecule has 0 saturated carbocycles. The van der Waals surface area contributed by atoms with Crippen LogP contribution in [0.15, 0.2) is 77.7 Å². The highest BCUT2D eigenvalue weighted by Crippen LogP contribution is 2.33. The minimum absolute atomic E-state index is 0.149. The van der Waals surface area contributed by atoms with Crippen LogP contribution in [0.25, 0.3) is 0 Å². The number of aliphatic hydroxyl groups excluding tert-OH is 1. The van der Waals surface area contributed by atoms with Crippen LogP contribution in [0.2, 0.25) is 0 Å². The predicted molar refractivity (Wildman–Crippen MR) is 173 cm³/mol. The van der Waals surface area contributed by atoms with Crippen molar-refractivity contribution in [3.05, 3.63) is 118 Å². The van der Waals surface area contributed by atoms with Gasteiger partial charge in [0.15, 0.2) is 0 Å². The Hall–Kier alpha value is -4.41. The number of alkyl halides is 1. The first-order chi connectivity index (χ1) is 22.2. The lowest BCUT2D eigenvalue weighted by atomic mass is 9.99. The third kappa shape index (κ3) is 8.24. The van der Waals surface area contributed by atoms with Crippen LogP contribution in [0.5, 0.6) is 0 Å². The molecule has 242 valence electrons. The summed E-state index contributed by atoms with van der Waals surface area (Å²) in [6.45, 7) is 6.43. The van der Waals surface area contributed by atoms with Crippen LogP contribution in [0.3, 0.4) is 0 Å². The van der Waals surface area contributed by atoms with Gasteiger partial charge in [0.1, 0.15) is 19.0 Å². The average Bonchev–Trinajstić information content (AvgIpc) is 3.73. The summed E-state index contributed by atoms with van der Waals surface area (Å²) in [4.78, 5) is 37.8. The molecule has 0 bridgehead atoms. The average molecular weight is 628 g/mol. The van der Waals surface area contributed by atoms with Gasteiger partial charge in [0, 0.05) is 43.2 Å². The maximum Gasteiger partial charge on any atom is 0.254 e. The zero-order valence-corrected chi connectivity index (χ0v) is 26.6. The molecule has 10 heteroatoms. The molecule has 0 radical (unpaired) electrons. The number of halogens is 1. The van der Waals surface area contributed by atoms with Crippen molar-refractivity contribution < 1.29 is 23.5 Å². The van der Waals surface area contributed by atoms with Gasteiger partial charge >= 0.3 is 0 Å². The first kappa shape index (κ1) is 33.0. The first-order valence-corrected chi connectivity index (χ1v) is 15.8. The number of benzene rings is 2. The highest BCUT2D eigenvalue weighted by Gasteiger charge is 2.34. The molecule has 3 atom stereocenters. The van der Waals surface area contributed by atoms with Crippen LogP contribution >= 0.6 is 0 Å². The van der Waals surface area contributed by atoms with Gasteiger partial charge in [-0.05, 0) is 72.6 Å². The molecular formula is C36H42FN5O4. The Morgan fingerprint density at radius 1 is 1.07 bits per heavy atom. The standard InChI is InChI=1S/C36H42FN5O4/c1-23(2)30-14-27(18-38-20-30)19-39-21-33(43)31(15-25-8-5-4-6-9-25)41-34(44)28-12-26(17-37)13-29(16-28)36(45)42-11-7-10-32(42)35-40-24(3)22-46-35/h4-6,8-9,12-14,16,18,20,22-23,31-33,39,43H,7,10-11,15,17,19,21H2,1-3H3,(H,41,44)/t31-,32+,33-/m0/s1. The number of aliphatic hydroxyl groups is 1. The fourth-order valence-electron chi connectivity index (χ4n) is 5.81. The van der Waals surface area contributed by atoms with Crippen molar-refractivity contribution >= 4 is 11.8 Å². The molecule has 1 aliphatic rings. The minimum atomic E-state index is -0.939. The molecule has 5 rings (SSSR count). The number of nitrogens with zero attached hydrogens (tertiary/aromatic N) is 3. The summed E-state index contributed by atoms with van der Waals surface area (Å²) in [5.74, 6) is 0.00532. The zero-order chi connectivity index (χ0) is 32.6. The van der Waals surface area contributed by atoms with Gasteiger partial charge < -0.3 is 25.1 Å². The Kier molecular flexibility index (Phi) is 10.9. The van der Waals surface area contributed by atoms with E-state index in [0.717, 1.165) is 28.8 Å². The lowest BCUT2D eigenvalue weighted by Crippen LogP contribution is -2.48. The molecule has 1 fully saturated rings. The van der Waals surface area contributed by atoms with E-state index in [1.54, 1.807) is 17.4 Å². The number of oxazole rings is 1. The molecule has 0 aliphatic carbocycles. The van der Waals surface area contributed by atoms with E-state index in [4.69, 9.17) is 4.42 Å². The minimum Gasteiger partial charge on any atom is -0.446 e. The maximum atomic E-state index is 14.0. The summed E-state index contributed by atoms with van der Waals surface area (Å²) >= 11 is 0. The molecule has 1 aliphatic heterocycles. The zero-order valence-electron chi connectivity index (χ0n) is 26.6. The smallest absolute Gasteiger partial charge is 0.254 e. The maximum absolute atomic E-state index is 14.0. The quantitative estimate of drug-likeness (QED) is 0.181. The van der Waals surface area contributed by atoms with E-state index in [9.17, 15) is 19.1 Å². The van der Waals surface area contributed by atoms with Gasteiger partial charge in [-0.3, -0.25) is 14.6 Å². The molecule has 2 aromatic carbocycles. The molecule has 0 spiro atoms. The second-order valence-corrected chi connectivity index (χ2v) is 12.3. The molecular weight excluding hydrogens is 585 g/mol. The van der Waals surface area contributed by atoms with Crippen molar-refractivity contribution in [1.29, 1.82) is 0 Å². The van der Waals surface area contributed by atoms with E-state index < -0.39 is 24.7 Å². The van der Waals surface area contributed by atoms with Crippen molar-refractivity contribution in [2.75, 3.05) is 13.1 Å².